The molecule has 0 aromatic heterocycles. The van der Waals surface area contributed by atoms with Crippen LogP contribution in [0.3, 0.4) is 0 Å². The molecule has 3 rings (SSSR count). The highest BCUT2D eigenvalue weighted by Gasteiger charge is 2.39. The van der Waals surface area contributed by atoms with Gasteiger partial charge in [-0.3, -0.25) is 4.57 Å². The van der Waals surface area contributed by atoms with Crippen LogP contribution >= 0.6 is 39.5 Å². The maximum Gasteiger partial charge on any atom is 0.357 e. The highest BCUT2D eigenvalue weighted by Crippen LogP contribution is 2.62. The number of hydrogen-bond acceptors (Lipinski definition) is 4. The molecule has 1 N–H and O–H groups in total. The number of nitrogens with one attached hydrogen (secondary N) is 1. The van der Waals surface area contributed by atoms with E-state index >= 15 is 0 Å². The molecule has 0 radical (unpaired) electrons. The molecule has 2 aromatic rings. The summed E-state index contributed by atoms with van der Waals surface area (Å²) in [4.78, 5) is 0. The summed E-state index contributed by atoms with van der Waals surface area (Å²) in [6.07, 6.45) is 0.759. The average molecular weight is 461 g/mol. The summed E-state index contributed by atoms with van der Waals surface area (Å²) in [6.45, 7) is 0.901. The second kappa shape index (κ2) is 7.49. The van der Waals surface area contributed by atoms with Crippen LogP contribution in [0.2, 0.25) is 0 Å². The van der Waals surface area contributed by atoms with Gasteiger partial charge in [0.05, 0.1) is 13.2 Å². The highest BCUT2D eigenvalue weighted by molar-refractivity contribution is 9.10. The lowest BCUT2D eigenvalue weighted by molar-refractivity contribution is 0.142. The maximum absolute atomic E-state index is 13.2. The zero-order chi connectivity index (χ0) is 16.3. The molecule has 1 aliphatic rings. The SMILES string of the molecule is O=P1(C(Nc2ccc(Br)cc2)c2ccc(Br)cc2)OCCCO1. The molecule has 122 valence electrons. The summed E-state index contributed by atoms with van der Waals surface area (Å²) < 4.78 is 26.2. The lowest BCUT2D eigenvalue weighted by Crippen LogP contribution is -2.19. The van der Waals surface area contributed by atoms with Gasteiger partial charge in [0.25, 0.3) is 0 Å². The fraction of sp³-hybridized carbons (Fsp3) is 0.250. The topological polar surface area (TPSA) is 47.6 Å². The van der Waals surface area contributed by atoms with E-state index in [1.54, 1.807) is 0 Å². The van der Waals surface area contributed by atoms with Crippen molar-refractivity contribution < 1.29 is 13.6 Å². The summed E-state index contributed by atoms with van der Waals surface area (Å²) in [5.74, 6) is -0.544. The van der Waals surface area contributed by atoms with Crippen LogP contribution in [0, 0.1) is 0 Å². The van der Waals surface area contributed by atoms with Crippen molar-refractivity contribution in [3.05, 3.63) is 63.0 Å². The maximum atomic E-state index is 13.2. The van der Waals surface area contributed by atoms with Crippen molar-refractivity contribution in [3.63, 3.8) is 0 Å². The minimum absolute atomic E-state index is 0.451. The van der Waals surface area contributed by atoms with Crippen molar-refractivity contribution in [2.75, 3.05) is 18.5 Å². The van der Waals surface area contributed by atoms with E-state index in [2.05, 4.69) is 37.2 Å². The Morgan fingerprint density at radius 2 is 1.43 bits per heavy atom. The normalized spacial score (nSPS) is 18.3. The summed E-state index contributed by atoms with van der Waals surface area (Å²) in [5, 5.41) is 3.30. The van der Waals surface area contributed by atoms with E-state index in [0.29, 0.717) is 13.2 Å². The molecule has 2 aromatic carbocycles. The van der Waals surface area contributed by atoms with Crippen molar-refractivity contribution in [1.82, 2.24) is 0 Å². The Morgan fingerprint density at radius 3 is 2.00 bits per heavy atom. The number of anilines is 1. The van der Waals surface area contributed by atoms with Gasteiger partial charge in [-0.15, -0.1) is 0 Å². The van der Waals surface area contributed by atoms with Gasteiger partial charge in [0.15, 0.2) is 5.78 Å². The molecule has 1 heterocycles. The van der Waals surface area contributed by atoms with Gasteiger partial charge in [0.2, 0.25) is 0 Å². The van der Waals surface area contributed by atoms with E-state index in [4.69, 9.17) is 9.05 Å². The van der Waals surface area contributed by atoms with Crippen molar-refractivity contribution in [2.45, 2.75) is 12.2 Å². The molecular weight excluding hydrogens is 445 g/mol. The standard InChI is InChI=1S/C16H16Br2NO3P/c17-13-4-2-12(3-5-13)16(23(20)21-10-1-11-22-23)19-15-8-6-14(18)7-9-15/h2-9,16,19H,1,10-11H2. The molecule has 0 saturated carbocycles. The summed E-state index contributed by atoms with van der Waals surface area (Å²) in [7, 11) is -3.28. The molecule has 1 unspecified atom stereocenters. The van der Waals surface area contributed by atoms with Crippen molar-refractivity contribution in [1.29, 1.82) is 0 Å². The highest BCUT2D eigenvalue weighted by atomic mass is 79.9. The second-order valence-corrected chi connectivity index (χ2v) is 9.11. The van der Waals surface area contributed by atoms with Crippen molar-refractivity contribution in [2.24, 2.45) is 0 Å². The molecule has 1 aliphatic heterocycles. The van der Waals surface area contributed by atoms with Crippen molar-refractivity contribution in [3.8, 4) is 0 Å². The van der Waals surface area contributed by atoms with Gasteiger partial charge in [-0.25, -0.2) is 0 Å². The summed E-state index contributed by atoms with van der Waals surface area (Å²) in [6, 6.07) is 15.4. The van der Waals surface area contributed by atoms with Crippen LogP contribution < -0.4 is 5.32 Å². The summed E-state index contributed by atoms with van der Waals surface area (Å²) >= 11 is 6.84. The van der Waals surface area contributed by atoms with Gasteiger partial charge < -0.3 is 14.4 Å². The third-order valence-corrected chi connectivity index (χ3v) is 6.68. The predicted octanol–water partition coefficient (Wildman–Crippen LogP) is 5.95. The number of hydrogen-bond donors (Lipinski definition) is 1. The Hall–Kier alpha value is -0.650. The first kappa shape index (κ1) is 17.2. The van der Waals surface area contributed by atoms with Gasteiger partial charge in [0, 0.05) is 14.6 Å². The van der Waals surface area contributed by atoms with Crippen LogP contribution in [0.5, 0.6) is 0 Å². The molecule has 1 saturated heterocycles. The lowest BCUT2D eigenvalue weighted by Gasteiger charge is -2.31. The van der Waals surface area contributed by atoms with E-state index in [1.807, 2.05) is 48.5 Å². The smallest absolute Gasteiger partial charge is 0.357 e. The predicted molar refractivity (Wildman–Crippen MR) is 98.8 cm³/mol. The Bertz CT molecular complexity index is 696. The number of halogens is 2. The van der Waals surface area contributed by atoms with Gasteiger partial charge >= 0.3 is 7.60 Å². The Labute approximate surface area is 152 Å². The minimum atomic E-state index is -3.28. The van der Waals surface area contributed by atoms with Crippen LogP contribution in [0.4, 0.5) is 5.69 Å². The Balaban J connectivity index is 1.93. The van der Waals surface area contributed by atoms with E-state index in [-0.39, 0.29) is 0 Å². The molecule has 7 heteroatoms. The van der Waals surface area contributed by atoms with Crippen LogP contribution in [-0.2, 0) is 13.6 Å². The van der Waals surface area contributed by atoms with E-state index < -0.39 is 13.4 Å². The van der Waals surface area contributed by atoms with Crippen LogP contribution in [0.1, 0.15) is 17.8 Å². The zero-order valence-electron chi connectivity index (χ0n) is 12.2. The van der Waals surface area contributed by atoms with Gasteiger partial charge in [-0.05, 0) is 48.4 Å². The molecule has 23 heavy (non-hydrogen) atoms. The van der Waals surface area contributed by atoms with Crippen molar-refractivity contribution >= 4 is 45.1 Å². The monoisotopic (exact) mass is 459 g/mol. The van der Waals surface area contributed by atoms with Gasteiger partial charge in [-0.2, -0.15) is 0 Å². The number of benzene rings is 2. The summed E-state index contributed by atoms with van der Waals surface area (Å²) in [5.41, 5.74) is 1.72. The zero-order valence-corrected chi connectivity index (χ0v) is 16.3. The molecule has 0 bridgehead atoms. The first-order valence-corrected chi connectivity index (χ1v) is 10.4. The quantitative estimate of drug-likeness (QED) is 0.572. The Morgan fingerprint density at radius 1 is 0.913 bits per heavy atom. The first-order valence-electron chi connectivity index (χ1n) is 7.23. The molecule has 1 atom stereocenters. The largest absolute Gasteiger partial charge is 0.368 e. The first-order chi connectivity index (χ1) is 11.1. The molecule has 1 fully saturated rings. The minimum Gasteiger partial charge on any atom is -0.368 e. The lowest BCUT2D eigenvalue weighted by atomic mass is 10.2. The molecule has 0 spiro atoms. The van der Waals surface area contributed by atoms with Crippen LogP contribution in [0.15, 0.2) is 57.5 Å². The van der Waals surface area contributed by atoms with Crippen LogP contribution in [0.25, 0.3) is 0 Å². The second-order valence-electron chi connectivity index (χ2n) is 5.17. The molecular formula is C16H16Br2NO3P. The third-order valence-electron chi connectivity index (χ3n) is 3.48. The van der Waals surface area contributed by atoms with Crippen LogP contribution in [-0.4, -0.2) is 13.2 Å². The van der Waals surface area contributed by atoms with Gasteiger partial charge in [-0.1, -0.05) is 44.0 Å². The van der Waals surface area contributed by atoms with E-state index in [0.717, 1.165) is 26.6 Å². The fourth-order valence-corrected chi connectivity index (χ4v) is 4.84. The van der Waals surface area contributed by atoms with E-state index in [1.165, 1.54) is 0 Å². The van der Waals surface area contributed by atoms with Gasteiger partial charge in [0.1, 0.15) is 0 Å². The molecule has 0 amide bonds. The third kappa shape index (κ3) is 4.25. The average Bonchev–Trinajstić information content (AvgIpc) is 2.56. The molecule has 0 aliphatic carbocycles. The van der Waals surface area contributed by atoms with E-state index in [9.17, 15) is 4.57 Å². The molecule has 4 nitrogen and oxygen atoms in total. The fourth-order valence-electron chi connectivity index (χ4n) is 2.32. The number of rotatable bonds is 4. The Kier molecular flexibility index (Phi) is 5.60.